The third-order valence-electron chi connectivity index (χ3n) is 5.09. The van der Waals surface area contributed by atoms with Crippen LogP contribution in [0.2, 0.25) is 0 Å². The number of halogens is 3. The summed E-state index contributed by atoms with van der Waals surface area (Å²) in [5.41, 5.74) is -1.16. The quantitative estimate of drug-likeness (QED) is 0.693. The summed E-state index contributed by atoms with van der Waals surface area (Å²) in [6, 6.07) is 6.34. The molecule has 0 saturated carbocycles. The molecule has 0 spiro atoms. The number of hydrogen-bond donors (Lipinski definition) is 1. The van der Waals surface area contributed by atoms with Crippen molar-refractivity contribution in [3.63, 3.8) is 0 Å². The van der Waals surface area contributed by atoms with E-state index in [1.807, 2.05) is 0 Å². The van der Waals surface area contributed by atoms with E-state index < -0.39 is 33.1 Å². The highest BCUT2D eigenvalue weighted by atomic mass is 32.2. The second-order valence-electron chi connectivity index (χ2n) is 7.78. The van der Waals surface area contributed by atoms with Gasteiger partial charge in [0.1, 0.15) is 9.77 Å². The molecule has 1 aliphatic rings. The molecule has 11 heteroatoms. The van der Waals surface area contributed by atoms with Crippen LogP contribution in [0.4, 0.5) is 13.2 Å². The minimum atomic E-state index is -4.46. The molecular formula is C20H23F3N2O4S2. The zero-order valence-electron chi connectivity index (χ0n) is 17.0. The zero-order chi connectivity index (χ0) is 22.9. The number of rotatable bonds is 6. The minimum absolute atomic E-state index is 0.0298. The Balaban J connectivity index is 1.75. The fourth-order valence-electron chi connectivity index (χ4n) is 3.19. The van der Waals surface area contributed by atoms with Gasteiger partial charge in [0, 0.05) is 25.0 Å². The van der Waals surface area contributed by atoms with E-state index in [2.05, 4.69) is 5.32 Å². The van der Waals surface area contributed by atoms with E-state index in [0.29, 0.717) is 5.56 Å². The molecule has 6 nitrogen and oxygen atoms in total. The van der Waals surface area contributed by atoms with Gasteiger partial charge < -0.3 is 10.1 Å². The molecule has 2 heterocycles. The lowest BCUT2D eigenvalue weighted by molar-refractivity contribution is -0.137. The average Bonchev–Trinajstić information content (AvgIpc) is 3.23. The van der Waals surface area contributed by atoms with Crippen molar-refractivity contribution < 1.29 is 31.1 Å². The van der Waals surface area contributed by atoms with Crippen molar-refractivity contribution in [1.82, 2.24) is 9.62 Å². The SMILES string of the molecule is CC(C)(CNC(=O)c1sccc1S(=O)(=O)N1CCOCC1)c1cccc(C(F)(F)F)c1. The molecule has 3 rings (SSSR count). The van der Waals surface area contributed by atoms with Crippen LogP contribution in [-0.4, -0.2) is 51.5 Å². The zero-order valence-corrected chi connectivity index (χ0v) is 18.7. The lowest BCUT2D eigenvalue weighted by atomic mass is 9.83. The molecule has 1 aromatic heterocycles. The number of nitrogens with one attached hydrogen (secondary N) is 1. The molecule has 0 bridgehead atoms. The van der Waals surface area contributed by atoms with Crippen LogP contribution in [0.3, 0.4) is 0 Å². The Morgan fingerprint density at radius 2 is 1.81 bits per heavy atom. The van der Waals surface area contributed by atoms with Crippen molar-refractivity contribution in [2.24, 2.45) is 0 Å². The van der Waals surface area contributed by atoms with E-state index in [0.717, 1.165) is 23.5 Å². The maximum absolute atomic E-state index is 13.0. The van der Waals surface area contributed by atoms with E-state index in [4.69, 9.17) is 4.74 Å². The Labute approximate surface area is 183 Å². The summed E-state index contributed by atoms with van der Waals surface area (Å²) in [5.74, 6) is -0.582. The van der Waals surface area contributed by atoms with Gasteiger partial charge in [-0.25, -0.2) is 8.42 Å². The van der Waals surface area contributed by atoms with Crippen LogP contribution < -0.4 is 5.32 Å². The third kappa shape index (κ3) is 5.28. The van der Waals surface area contributed by atoms with Gasteiger partial charge >= 0.3 is 6.18 Å². The highest BCUT2D eigenvalue weighted by Gasteiger charge is 2.34. The third-order valence-corrected chi connectivity index (χ3v) is 8.07. The van der Waals surface area contributed by atoms with Gasteiger partial charge in [0.15, 0.2) is 0 Å². The number of benzene rings is 1. The van der Waals surface area contributed by atoms with Gasteiger partial charge in [0.25, 0.3) is 5.91 Å². The van der Waals surface area contributed by atoms with Crippen molar-refractivity contribution in [2.75, 3.05) is 32.8 Å². The van der Waals surface area contributed by atoms with E-state index in [9.17, 15) is 26.4 Å². The standard InChI is InChI=1S/C20H23F3N2O4S2/c1-19(2,14-4-3-5-15(12-14)20(21,22)23)13-24-18(26)17-16(6-11-30-17)31(27,28)25-7-9-29-10-8-25/h3-6,11-12H,7-10,13H2,1-2H3,(H,24,26). The number of alkyl halides is 3. The van der Waals surface area contributed by atoms with E-state index in [1.165, 1.54) is 21.8 Å². The average molecular weight is 477 g/mol. The molecule has 170 valence electrons. The van der Waals surface area contributed by atoms with Crippen molar-refractivity contribution in [2.45, 2.75) is 30.3 Å². The van der Waals surface area contributed by atoms with Gasteiger partial charge in [-0.1, -0.05) is 32.0 Å². The largest absolute Gasteiger partial charge is 0.416 e. The molecule has 1 amide bonds. The van der Waals surface area contributed by atoms with Crippen molar-refractivity contribution in [3.8, 4) is 0 Å². The monoisotopic (exact) mass is 476 g/mol. The number of carbonyl (C=O) groups excluding carboxylic acids is 1. The number of ether oxygens (including phenoxy) is 1. The Hall–Kier alpha value is -1.95. The van der Waals surface area contributed by atoms with Crippen molar-refractivity contribution in [3.05, 3.63) is 51.7 Å². The van der Waals surface area contributed by atoms with E-state index in [-0.39, 0.29) is 42.6 Å². The van der Waals surface area contributed by atoms with Crippen LogP contribution in [-0.2, 0) is 26.4 Å². The van der Waals surface area contributed by atoms with Crippen LogP contribution >= 0.6 is 11.3 Å². The number of carbonyl (C=O) groups is 1. The molecule has 1 fully saturated rings. The Morgan fingerprint density at radius 1 is 1.16 bits per heavy atom. The second kappa shape index (κ2) is 8.89. The summed E-state index contributed by atoms with van der Waals surface area (Å²) in [6.07, 6.45) is -4.46. The first kappa shape index (κ1) is 23.7. The summed E-state index contributed by atoms with van der Waals surface area (Å²) in [4.78, 5) is 12.7. The predicted octanol–water partition coefficient (Wildman–Crippen LogP) is 3.50. The number of nitrogens with zero attached hydrogens (tertiary/aromatic N) is 1. The number of sulfonamides is 1. The summed E-state index contributed by atoms with van der Waals surface area (Å²) >= 11 is 1.00. The van der Waals surface area contributed by atoms with E-state index >= 15 is 0 Å². The highest BCUT2D eigenvalue weighted by Crippen LogP contribution is 2.33. The van der Waals surface area contributed by atoms with Crippen LogP contribution in [0.5, 0.6) is 0 Å². The summed E-state index contributed by atoms with van der Waals surface area (Å²) in [5, 5.41) is 4.21. The van der Waals surface area contributed by atoms with Gasteiger partial charge in [-0.05, 0) is 23.1 Å². The Morgan fingerprint density at radius 3 is 2.45 bits per heavy atom. The summed E-state index contributed by atoms with van der Waals surface area (Å²) < 4.78 is 71.4. The van der Waals surface area contributed by atoms with Crippen LogP contribution in [0.25, 0.3) is 0 Å². The molecule has 0 atom stereocenters. The van der Waals surface area contributed by atoms with Crippen LogP contribution in [0, 0.1) is 0 Å². The molecule has 1 aliphatic heterocycles. The Kier molecular flexibility index (Phi) is 6.80. The van der Waals surface area contributed by atoms with Gasteiger partial charge in [0.2, 0.25) is 10.0 Å². The maximum atomic E-state index is 13.0. The van der Waals surface area contributed by atoms with Crippen LogP contribution in [0.1, 0.15) is 34.6 Å². The number of hydrogen-bond acceptors (Lipinski definition) is 5. The summed E-state index contributed by atoms with van der Waals surface area (Å²) in [7, 11) is -3.84. The normalized spacial score (nSPS) is 16.3. The smallest absolute Gasteiger partial charge is 0.379 e. The van der Waals surface area contributed by atoms with Gasteiger partial charge in [-0.15, -0.1) is 11.3 Å². The predicted molar refractivity (Wildman–Crippen MR) is 111 cm³/mol. The molecule has 1 aromatic carbocycles. The fraction of sp³-hybridized carbons (Fsp3) is 0.450. The summed E-state index contributed by atoms with van der Waals surface area (Å²) in [6.45, 7) is 4.45. The number of thiophene rings is 1. The second-order valence-corrected chi connectivity index (χ2v) is 10.6. The first-order valence-electron chi connectivity index (χ1n) is 9.54. The van der Waals surface area contributed by atoms with E-state index in [1.54, 1.807) is 19.9 Å². The minimum Gasteiger partial charge on any atom is -0.379 e. The van der Waals surface area contributed by atoms with Crippen molar-refractivity contribution in [1.29, 1.82) is 0 Å². The molecule has 0 unspecified atom stereocenters. The van der Waals surface area contributed by atoms with Gasteiger partial charge in [0.05, 0.1) is 18.8 Å². The lowest BCUT2D eigenvalue weighted by Gasteiger charge is -2.27. The number of amides is 1. The van der Waals surface area contributed by atoms with Gasteiger partial charge in [-0.2, -0.15) is 17.5 Å². The molecule has 31 heavy (non-hydrogen) atoms. The molecule has 1 saturated heterocycles. The topological polar surface area (TPSA) is 75.7 Å². The van der Waals surface area contributed by atoms with Crippen molar-refractivity contribution >= 4 is 27.3 Å². The molecular weight excluding hydrogens is 453 g/mol. The number of morpholine rings is 1. The molecule has 0 aliphatic carbocycles. The maximum Gasteiger partial charge on any atom is 0.416 e. The molecule has 1 N–H and O–H groups in total. The first-order chi connectivity index (χ1) is 14.4. The molecule has 2 aromatic rings. The first-order valence-corrected chi connectivity index (χ1v) is 11.9. The lowest BCUT2D eigenvalue weighted by Crippen LogP contribution is -2.41. The Bertz CT molecular complexity index is 1040. The van der Waals surface area contributed by atoms with Crippen LogP contribution in [0.15, 0.2) is 40.6 Å². The molecule has 0 radical (unpaired) electrons. The highest BCUT2D eigenvalue weighted by molar-refractivity contribution is 7.89. The van der Waals surface area contributed by atoms with Gasteiger partial charge in [-0.3, -0.25) is 4.79 Å². The fourth-order valence-corrected chi connectivity index (χ4v) is 5.92.